The number of rotatable bonds is 3. The van der Waals surface area contributed by atoms with Gasteiger partial charge in [0, 0.05) is 11.1 Å². The Morgan fingerprint density at radius 1 is 1.13 bits per heavy atom. The van der Waals surface area contributed by atoms with E-state index in [1.807, 2.05) is 0 Å². The standard InChI is InChI=1S/C18H15F3O2/c1-3-5-15(4-2)17(22-12-13-23-17)11-10-14-6-8-16(9-7-14)18(19,20)21/h3-9H,1-2,12-13H2/b15-5+. The molecule has 120 valence electrons. The van der Waals surface area contributed by atoms with Gasteiger partial charge in [0.25, 0.3) is 5.79 Å². The molecule has 0 aliphatic carbocycles. The molecule has 0 radical (unpaired) electrons. The topological polar surface area (TPSA) is 18.5 Å². The third kappa shape index (κ3) is 3.92. The lowest BCUT2D eigenvalue weighted by Crippen LogP contribution is -2.30. The minimum atomic E-state index is -4.37. The maximum absolute atomic E-state index is 12.5. The highest BCUT2D eigenvalue weighted by Crippen LogP contribution is 2.30. The van der Waals surface area contributed by atoms with E-state index in [9.17, 15) is 13.2 Å². The molecule has 1 aliphatic heterocycles. The minimum absolute atomic E-state index is 0.365. The SMILES string of the molecule is C=C/C=C(\C=C)C1(C#Cc2ccc(C(F)(F)F)cc2)OCCO1. The maximum Gasteiger partial charge on any atom is 0.416 e. The number of allylic oxidation sites excluding steroid dienone is 2. The van der Waals surface area contributed by atoms with Gasteiger partial charge in [-0.05, 0) is 30.2 Å². The van der Waals surface area contributed by atoms with Crippen LogP contribution in [-0.2, 0) is 15.7 Å². The molecule has 23 heavy (non-hydrogen) atoms. The summed E-state index contributed by atoms with van der Waals surface area (Å²) in [5.74, 6) is 4.37. The molecule has 1 heterocycles. The molecular weight excluding hydrogens is 305 g/mol. The van der Waals surface area contributed by atoms with Gasteiger partial charge >= 0.3 is 6.18 Å². The van der Waals surface area contributed by atoms with E-state index in [-0.39, 0.29) is 0 Å². The Bertz CT molecular complexity index is 667. The number of ether oxygens (including phenoxy) is 2. The zero-order chi connectivity index (χ0) is 16.9. The van der Waals surface area contributed by atoms with E-state index in [2.05, 4.69) is 25.0 Å². The van der Waals surface area contributed by atoms with Crippen molar-refractivity contribution >= 4 is 0 Å². The second-order valence-corrected chi connectivity index (χ2v) is 4.70. The molecule has 0 bridgehead atoms. The fraction of sp³-hybridized carbons (Fsp3) is 0.222. The van der Waals surface area contributed by atoms with Crippen LogP contribution in [0.5, 0.6) is 0 Å². The van der Waals surface area contributed by atoms with Gasteiger partial charge in [-0.1, -0.05) is 37.3 Å². The molecule has 1 saturated heterocycles. The first-order chi connectivity index (χ1) is 10.9. The Morgan fingerprint density at radius 2 is 1.74 bits per heavy atom. The Hall–Kier alpha value is -2.29. The molecule has 1 aliphatic rings. The summed E-state index contributed by atoms with van der Waals surface area (Å²) in [4.78, 5) is 0. The van der Waals surface area contributed by atoms with Gasteiger partial charge in [-0.3, -0.25) is 0 Å². The zero-order valence-electron chi connectivity index (χ0n) is 12.3. The first-order valence-corrected chi connectivity index (χ1v) is 6.85. The third-order valence-corrected chi connectivity index (χ3v) is 3.17. The summed E-state index contributed by atoms with van der Waals surface area (Å²) in [6.07, 6.45) is 0.408. The minimum Gasteiger partial charge on any atom is -0.334 e. The van der Waals surface area contributed by atoms with Crippen molar-refractivity contribution in [2.75, 3.05) is 13.2 Å². The predicted octanol–water partition coefficient (Wildman–Crippen LogP) is 4.10. The van der Waals surface area contributed by atoms with Crippen molar-refractivity contribution < 1.29 is 22.6 Å². The first-order valence-electron chi connectivity index (χ1n) is 6.85. The molecule has 1 aromatic carbocycles. The van der Waals surface area contributed by atoms with Crippen LogP contribution in [0.1, 0.15) is 11.1 Å². The molecule has 2 rings (SSSR count). The number of benzene rings is 1. The van der Waals surface area contributed by atoms with Crippen LogP contribution >= 0.6 is 0 Å². The molecule has 0 amide bonds. The largest absolute Gasteiger partial charge is 0.416 e. The summed E-state index contributed by atoms with van der Waals surface area (Å²) in [6.45, 7) is 8.04. The van der Waals surface area contributed by atoms with Crippen molar-refractivity contribution in [1.29, 1.82) is 0 Å². The number of alkyl halides is 3. The zero-order valence-corrected chi connectivity index (χ0v) is 12.3. The Kier molecular flexibility index (Phi) is 5.09. The maximum atomic E-state index is 12.5. The average molecular weight is 320 g/mol. The van der Waals surface area contributed by atoms with Crippen LogP contribution in [0.25, 0.3) is 0 Å². The van der Waals surface area contributed by atoms with Gasteiger partial charge < -0.3 is 9.47 Å². The Labute approximate surface area is 132 Å². The van der Waals surface area contributed by atoms with Gasteiger partial charge in [-0.15, -0.1) is 0 Å². The van der Waals surface area contributed by atoms with Gasteiger partial charge in [0.15, 0.2) is 0 Å². The van der Waals surface area contributed by atoms with Crippen molar-refractivity contribution in [1.82, 2.24) is 0 Å². The molecule has 0 N–H and O–H groups in total. The van der Waals surface area contributed by atoms with Gasteiger partial charge in [0.1, 0.15) is 0 Å². The summed E-state index contributed by atoms with van der Waals surface area (Å²) >= 11 is 0. The van der Waals surface area contributed by atoms with Gasteiger partial charge in [-0.2, -0.15) is 13.2 Å². The highest BCUT2D eigenvalue weighted by Gasteiger charge is 2.37. The summed E-state index contributed by atoms with van der Waals surface area (Å²) in [7, 11) is 0. The molecule has 0 saturated carbocycles. The number of hydrogen-bond acceptors (Lipinski definition) is 2. The van der Waals surface area contributed by atoms with Crippen molar-refractivity contribution in [3.63, 3.8) is 0 Å². The summed E-state index contributed by atoms with van der Waals surface area (Å²) in [6, 6.07) is 4.59. The Morgan fingerprint density at radius 3 is 2.22 bits per heavy atom. The second-order valence-electron chi connectivity index (χ2n) is 4.70. The molecule has 0 spiro atoms. The van der Waals surface area contributed by atoms with Crippen LogP contribution in [0.3, 0.4) is 0 Å². The predicted molar refractivity (Wildman–Crippen MR) is 81.4 cm³/mol. The molecule has 0 atom stereocenters. The molecule has 1 fully saturated rings. The van der Waals surface area contributed by atoms with E-state index in [0.717, 1.165) is 12.1 Å². The second kappa shape index (κ2) is 6.86. The molecular formula is C18H15F3O2. The monoisotopic (exact) mass is 320 g/mol. The number of hydrogen-bond donors (Lipinski definition) is 0. The van der Waals surface area contributed by atoms with Crippen LogP contribution in [0, 0.1) is 11.8 Å². The van der Waals surface area contributed by atoms with Crippen molar-refractivity contribution in [2.24, 2.45) is 0 Å². The van der Waals surface area contributed by atoms with Gasteiger partial charge in [0.05, 0.1) is 18.8 Å². The quantitative estimate of drug-likeness (QED) is 0.617. The van der Waals surface area contributed by atoms with Crippen LogP contribution in [-0.4, -0.2) is 19.0 Å². The van der Waals surface area contributed by atoms with E-state index >= 15 is 0 Å². The summed E-state index contributed by atoms with van der Waals surface area (Å²) < 4.78 is 48.8. The highest BCUT2D eigenvalue weighted by atomic mass is 19.4. The van der Waals surface area contributed by atoms with Crippen LogP contribution in [0.2, 0.25) is 0 Å². The first kappa shape index (κ1) is 17.1. The van der Waals surface area contributed by atoms with E-state index < -0.39 is 17.5 Å². The van der Waals surface area contributed by atoms with Gasteiger partial charge in [-0.25, -0.2) is 0 Å². The molecule has 0 aromatic heterocycles. The number of halogens is 3. The molecule has 1 aromatic rings. The normalized spacial score (nSPS) is 17.3. The summed E-state index contributed by atoms with van der Waals surface area (Å²) in [5, 5.41) is 0. The van der Waals surface area contributed by atoms with E-state index in [4.69, 9.17) is 9.47 Å². The summed E-state index contributed by atoms with van der Waals surface area (Å²) in [5.41, 5.74) is 0.298. The molecule has 0 unspecified atom stereocenters. The molecule has 2 nitrogen and oxygen atoms in total. The van der Waals surface area contributed by atoms with E-state index in [0.29, 0.717) is 24.4 Å². The third-order valence-electron chi connectivity index (χ3n) is 3.17. The van der Waals surface area contributed by atoms with Crippen LogP contribution in [0.4, 0.5) is 13.2 Å². The van der Waals surface area contributed by atoms with Crippen LogP contribution in [0.15, 0.2) is 61.2 Å². The average Bonchev–Trinajstić information content (AvgIpc) is 3.00. The lowest BCUT2D eigenvalue weighted by Gasteiger charge is -2.22. The smallest absolute Gasteiger partial charge is 0.334 e. The van der Waals surface area contributed by atoms with Gasteiger partial charge in [0.2, 0.25) is 0 Å². The Balaban J connectivity index is 2.32. The molecule has 5 heteroatoms. The fourth-order valence-electron chi connectivity index (χ4n) is 2.06. The van der Waals surface area contributed by atoms with E-state index in [1.165, 1.54) is 12.1 Å². The van der Waals surface area contributed by atoms with Crippen molar-refractivity contribution in [2.45, 2.75) is 12.0 Å². The highest BCUT2D eigenvalue weighted by molar-refractivity contribution is 5.43. The van der Waals surface area contributed by atoms with Crippen LogP contribution < -0.4 is 0 Å². The fourth-order valence-corrected chi connectivity index (χ4v) is 2.06. The van der Waals surface area contributed by atoms with E-state index in [1.54, 1.807) is 18.2 Å². The van der Waals surface area contributed by atoms with Crippen molar-refractivity contribution in [3.8, 4) is 11.8 Å². The van der Waals surface area contributed by atoms with Crippen molar-refractivity contribution in [3.05, 3.63) is 72.4 Å². The lowest BCUT2D eigenvalue weighted by atomic mass is 10.0. The lowest BCUT2D eigenvalue weighted by molar-refractivity contribution is -0.137.